The number of hydrogen-bond donors (Lipinski definition) is 2. The van der Waals surface area contributed by atoms with Crippen LogP contribution in [0.3, 0.4) is 0 Å². The normalized spacial score (nSPS) is 16.0. The molecule has 1 aliphatic rings. The lowest BCUT2D eigenvalue weighted by Crippen LogP contribution is -2.38. The average Bonchev–Trinajstić information content (AvgIpc) is 2.70. The highest BCUT2D eigenvalue weighted by molar-refractivity contribution is 5.76. The van der Waals surface area contributed by atoms with E-state index in [0.717, 1.165) is 24.0 Å². The first-order valence-electron chi connectivity index (χ1n) is 9.80. The van der Waals surface area contributed by atoms with E-state index in [1.165, 1.54) is 19.3 Å². The maximum atomic E-state index is 12.4. The standard InChI is InChI=1S/C22H29N3O2/c23-17-22(11-3-1-4-12-22)14-20(26)24-15-18-7-9-19(10-8-18)16-25-13-5-2-6-21(25)27/h2,5-10,13H,1,3-4,11-12,14-17,23H2,(H,24,26). The molecule has 0 radical (unpaired) electrons. The molecule has 144 valence electrons. The van der Waals surface area contributed by atoms with E-state index in [-0.39, 0.29) is 16.9 Å². The smallest absolute Gasteiger partial charge is 0.250 e. The van der Waals surface area contributed by atoms with E-state index in [1.807, 2.05) is 30.3 Å². The SMILES string of the molecule is NCC1(CC(=O)NCc2ccc(Cn3ccccc3=O)cc2)CCCCC1. The van der Waals surface area contributed by atoms with Gasteiger partial charge < -0.3 is 15.6 Å². The van der Waals surface area contributed by atoms with E-state index in [1.54, 1.807) is 22.9 Å². The van der Waals surface area contributed by atoms with Gasteiger partial charge in [-0.2, -0.15) is 0 Å². The fourth-order valence-electron chi connectivity index (χ4n) is 3.91. The van der Waals surface area contributed by atoms with Crippen LogP contribution in [0.2, 0.25) is 0 Å². The Kier molecular flexibility index (Phi) is 6.45. The summed E-state index contributed by atoms with van der Waals surface area (Å²) < 4.78 is 1.67. The van der Waals surface area contributed by atoms with Crippen molar-refractivity contribution in [2.75, 3.05) is 6.54 Å². The summed E-state index contributed by atoms with van der Waals surface area (Å²) in [5.74, 6) is 0.0854. The third-order valence-corrected chi connectivity index (χ3v) is 5.65. The van der Waals surface area contributed by atoms with Crippen molar-refractivity contribution >= 4 is 5.91 Å². The lowest BCUT2D eigenvalue weighted by Gasteiger charge is -2.35. The minimum absolute atomic E-state index is 0.00483. The Morgan fingerprint density at radius 2 is 1.74 bits per heavy atom. The number of aromatic nitrogens is 1. The van der Waals surface area contributed by atoms with Crippen LogP contribution in [0.5, 0.6) is 0 Å². The van der Waals surface area contributed by atoms with Crippen LogP contribution in [0, 0.1) is 5.41 Å². The summed E-state index contributed by atoms with van der Waals surface area (Å²) in [6.45, 7) is 1.66. The van der Waals surface area contributed by atoms with Gasteiger partial charge in [0.15, 0.2) is 0 Å². The highest BCUT2D eigenvalue weighted by Gasteiger charge is 2.32. The molecule has 0 saturated heterocycles. The Morgan fingerprint density at radius 3 is 2.41 bits per heavy atom. The summed E-state index contributed by atoms with van der Waals surface area (Å²) in [7, 11) is 0. The zero-order valence-corrected chi connectivity index (χ0v) is 15.8. The van der Waals surface area contributed by atoms with Crippen molar-refractivity contribution in [2.45, 2.75) is 51.6 Å². The van der Waals surface area contributed by atoms with Gasteiger partial charge in [0, 0.05) is 25.2 Å². The fraction of sp³-hybridized carbons (Fsp3) is 0.455. The summed E-state index contributed by atoms with van der Waals surface area (Å²) in [4.78, 5) is 24.2. The molecule has 0 spiro atoms. The molecule has 0 aliphatic heterocycles. The second-order valence-corrected chi connectivity index (χ2v) is 7.70. The lowest BCUT2D eigenvalue weighted by molar-refractivity contribution is -0.124. The number of nitrogens with two attached hydrogens (primary N) is 1. The summed E-state index contributed by atoms with van der Waals surface area (Å²) in [6.07, 6.45) is 8.04. The van der Waals surface area contributed by atoms with Crippen molar-refractivity contribution in [1.82, 2.24) is 9.88 Å². The van der Waals surface area contributed by atoms with Crippen molar-refractivity contribution in [3.63, 3.8) is 0 Å². The van der Waals surface area contributed by atoms with Crippen LogP contribution in [0.25, 0.3) is 0 Å². The van der Waals surface area contributed by atoms with Crippen LogP contribution >= 0.6 is 0 Å². The maximum absolute atomic E-state index is 12.4. The largest absolute Gasteiger partial charge is 0.352 e. The highest BCUT2D eigenvalue weighted by Crippen LogP contribution is 2.38. The van der Waals surface area contributed by atoms with Crippen molar-refractivity contribution in [3.8, 4) is 0 Å². The van der Waals surface area contributed by atoms with Crippen LogP contribution < -0.4 is 16.6 Å². The van der Waals surface area contributed by atoms with Gasteiger partial charge >= 0.3 is 0 Å². The van der Waals surface area contributed by atoms with Gasteiger partial charge in [-0.3, -0.25) is 9.59 Å². The Balaban J connectivity index is 1.52. The number of hydrogen-bond acceptors (Lipinski definition) is 3. The van der Waals surface area contributed by atoms with Gasteiger partial charge in [-0.05, 0) is 42.0 Å². The molecular formula is C22H29N3O2. The topological polar surface area (TPSA) is 77.1 Å². The molecule has 0 bridgehead atoms. The predicted molar refractivity (Wildman–Crippen MR) is 107 cm³/mol. The van der Waals surface area contributed by atoms with Gasteiger partial charge in [0.1, 0.15) is 0 Å². The first-order valence-corrected chi connectivity index (χ1v) is 9.80. The zero-order valence-electron chi connectivity index (χ0n) is 15.8. The van der Waals surface area contributed by atoms with Crippen LogP contribution in [-0.2, 0) is 17.9 Å². The minimum Gasteiger partial charge on any atom is -0.352 e. The van der Waals surface area contributed by atoms with Gasteiger partial charge in [-0.1, -0.05) is 49.6 Å². The van der Waals surface area contributed by atoms with Crippen LogP contribution in [0.4, 0.5) is 0 Å². The van der Waals surface area contributed by atoms with Gasteiger partial charge in [0.05, 0.1) is 6.54 Å². The van der Waals surface area contributed by atoms with E-state index in [0.29, 0.717) is 26.1 Å². The van der Waals surface area contributed by atoms with E-state index < -0.39 is 0 Å². The quantitative estimate of drug-likeness (QED) is 0.790. The number of carbonyl (C=O) groups excluding carboxylic acids is 1. The van der Waals surface area contributed by atoms with Crippen LogP contribution in [0.15, 0.2) is 53.5 Å². The molecule has 5 nitrogen and oxygen atoms in total. The Labute approximate surface area is 160 Å². The van der Waals surface area contributed by atoms with Gasteiger partial charge in [0.25, 0.3) is 5.56 Å². The summed E-state index contributed by atoms with van der Waals surface area (Å²) in [6, 6.07) is 13.2. The number of carbonyl (C=O) groups is 1. The second kappa shape index (κ2) is 9.00. The van der Waals surface area contributed by atoms with Crippen LogP contribution in [-0.4, -0.2) is 17.0 Å². The third kappa shape index (κ3) is 5.30. The number of benzene rings is 1. The lowest BCUT2D eigenvalue weighted by atomic mass is 9.71. The third-order valence-electron chi connectivity index (χ3n) is 5.65. The van der Waals surface area contributed by atoms with Crippen molar-refractivity contribution in [3.05, 3.63) is 70.1 Å². The summed E-state index contributed by atoms with van der Waals surface area (Å²) in [5, 5.41) is 3.03. The molecule has 3 rings (SSSR count). The molecule has 1 heterocycles. The van der Waals surface area contributed by atoms with Crippen molar-refractivity contribution in [2.24, 2.45) is 11.1 Å². The highest BCUT2D eigenvalue weighted by atomic mass is 16.1. The number of amides is 1. The molecule has 1 aromatic carbocycles. The number of pyridine rings is 1. The fourth-order valence-corrected chi connectivity index (χ4v) is 3.91. The zero-order chi connectivity index (χ0) is 19.1. The van der Waals surface area contributed by atoms with Gasteiger partial charge in [-0.25, -0.2) is 0 Å². The Hall–Kier alpha value is -2.40. The number of rotatable bonds is 7. The second-order valence-electron chi connectivity index (χ2n) is 7.70. The van der Waals surface area contributed by atoms with Crippen molar-refractivity contribution in [1.29, 1.82) is 0 Å². The number of nitrogens with zero attached hydrogens (tertiary/aromatic N) is 1. The predicted octanol–water partition coefficient (Wildman–Crippen LogP) is 2.81. The molecule has 1 aromatic heterocycles. The molecule has 3 N–H and O–H groups in total. The average molecular weight is 367 g/mol. The first-order chi connectivity index (χ1) is 13.1. The van der Waals surface area contributed by atoms with Gasteiger partial charge in [0.2, 0.25) is 5.91 Å². The van der Waals surface area contributed by atoms with Crippen molar-refractivity contribution < 1.29 is 4.79 Å². The first kappa shape index (κ1) is 19.4. The Morgan fingerprint density at radius 1 is 1.04 bits per heavy atom. The minimum atomic E-state index is -0.00890. The van der Waals surface area contributed by atoms with E-state index in [9.17, 15) is 9.59 Å². The number of nitrogens with one attached hydrogen (secondary N) is 1. The van der Waals surface area contributed by atoms with E-state index in [2.05, 4.69) is 5.32 Å². The molecule has 2 aromatic rings. The molecule has 27 heavy (non-hydrogen) atoms. The summed E-state index contributed by atoms with van der Waals surface area (Å²) in [5.41, 5.74) is 8.08. The molecule has 0 atom stereocenters. The summed E-state index contributed by atoms with van der Waals surface area (Å²) >= 11 is 0. The molecular weight excluding hydrogens is 338 g/mol. The maximum Gasteiger partial charge on any atom is 0.250 e. The molecule has 1 saturated carbocycles. The molecule has 1 amide bonds. The molecule has 1 fully saturated rings. The molecule has 0 unspecified atom stereocenters. The van der Waals surface area contributed by atoms with E-state index in [4.69, 9.17) is 5.73 Å². The molecule has 1 aliphatic carbocycles. The van der Waals surface area contributed by atoms with Crippen LogP contribution in [0.1, 0.15) is 49.7 Å². The molecule has 5 heteroatoms. The van der Waals surface area contributed by atoms with Gasteiger partial charge in [-0.15, -0.1) is 0 Å². The monoisotopic (exact) mass is 367 g/mol. The Bertz CT molecular complexity index is 805. The van der Waals surface area contributed by atoms with E-state index >= 15 is 0 Å².